The van der Waals surface area contributed by atoms with E-state index in [1.165, 1.54) is 18.2 Å². The van der Waals surface area contributed by atoms with Crippen molar-refractivity contribution in [3.05, 3.63) is 11.4 Å². The first-order valence-corrected chi connectivity index (χ1v) is 7.34. The number of aryl methyl sites for hydroxylation is 1. The number of hydrogen-bond acceptors (Lipinski definition) is 4. The molecule has 0 unspecified atom stereocenters. The van der Waals surface area contributed by atoms with Crippen LogP contribution in [0.1, 0.15) is 17.9 Å². The van der Waals surface area contributed by atoms with Crippen molar-refractivity contribution in [2.24, 2.45) is 0 Å². The van der Waals surface area contributed by atoms with Crippen LogP contribution >= 0.6 is 0 Å². The molecular weight excluding hydrogens is 278 g/mol. The van der Waals surface area contributed by atoms with Gasteiger partial charge in [0.1, 0.15) is 4.90 Å². The van der Waals surface area contributed by atoms with Crippen LogP contribution in [0.25, 0.3) is 0 Å². The summed E-state index contributed by atoms with van der Waals surface area (Å²) in [6.45, 7) is 1.72. The highest BCUT2D eigenvalue weighted by Gasteiger charge is 2.32. The monoisotopic (exact) mass is 294 g/mol. The van der Waals surface area contributed by atoms with Gasteiger partial charge in [0.15, 0.2) is 0 Å². The SMILES string of the molecule is Cc1nn(C(F)F)c(C)c1S(=O)(=O)N1CCNCC1. The van der Waals surface area contributed by atoms with Gasteiger partial charge >= 0.3 is 6.55 Å². The van der Waals surface area contributed by atoms with Gasteiger partial charge in [0.25, 0.3) is 0 Å². The predicted molar refractivity (Wildman–Crippen MR) is 64.6 cm³/mol. The molecule has 1 aliphatic heterocycles. The van der Waals surface area contributed by atoms with E-state index in [4.69, 9.17) is 0 Å². The van der Waals surface area contributed by atoms with E-state index in [1.54, 1.807) is 0 Å². The summed E-state index contributed by atoms with van der Waals surface area (Å²) in [5, 5.41) is 6.66. The fraction of sp³-hybridized carbons (Fsp3) is 0.700. The largest absolute Gasteiger partial charge is 0.333 e. The van der Waals surface area contributed by atoms with Gasteiger partial charge in [-0.15, -0.1) is 0 Å². The molecule has 108 valence electrons. The molecule has 2 heterocycles. The summed E-state index contributed by atoms with van der Waals surface area (Å²) in [5.41, 5.74) is 0.0855. The van der Waals surface area contributed by atoms with E-state index in [0.29, 0.717) is 30.9 Å². The first-order chi connectivity index (χ1) is 8.85. The molecule has 0 amide bonds. The van der Waals surface area contributed by atoms with Crippen LogP contribution in [0.3, 0.4) is 0 Å². The standard InChI is InChI=1S/C10H16F2N4O2S/c1-7-9(8(2)16(14-7)10(11)12)19(17,18)15-5-3-13-4-6-15/h10,13H,3-6H2,1-2H3. The molecular formula is C10H16F2N4O2S. The fourth-order valence-corrected chi connectivity index (χ4v) is 4.03. The zero-order chi connectivity index (χ0) is 14.2. The first-order valence-electron chi connectivity index (χ1n) is 5.90. The minimum atomic E-state index is -3.76. The highest BCUT2D eigenvalue weighted by Crippen LogP contribution is 2.26. The molecule has 9 heteroatoms. The van der Waals surface area contributed by atoms with Crippen molar-refractivity contribution < 1.29 is 17.2 Å². The highest BCUT2D eigenvalue weighted by atomic mass is 32.2. The number of aromatic nitrogens is 2. The molecule has 1 aromatic heterocycles. The van der Waals surface area contributed by atoms with Gasteiger partial charge < -0.3 is 5.32 Å². The Kier molecular flexibility index (Phi) is 3.88. The van der Waals surface area contributed by atoms with Crippen LogP contribution in [0.5, 0.6) is 0 Å². The predicted octanol–water partition coefficient (Wildman–Crippen LogP) is 0.489. The molecule has 0 radical (unpaired) electrons. The highest BCUT2D eigenvalue weighted by molar-refractivity contribution is 7.89. The quantitative estimate of drug-likeness (QED) is 0.881. The van der Waals surface area contributed by atoms with Crippen LogP contribution in [0.15, 0.2) is 4.90 Å². The van der Waals surface area contributed by atoms with E-state index >= 15 is 0 Å². The summed E-state index contributed by atoms with van der Waals surface area (Å²) in [7, 11) is -3.76. The van der Waals surface area contributed by atoms with Gasteiger partial charge in [0.2, 0.25) is 10.0 Å². The summed E-state index contributed by atoms with van der Waals surface area (Å²) in [4.78, 5) is -0.102. The maximum Gasteiger partial charge on any atom is 0.333 e. The van der Waals surface area contributed by atoms with Crippen LogP contribution < -0.4 is 5.32 Å². The minimum Gasteiger partial charge on any atom is -0.314 e. The van der Waals surface area contributed by atoms with Crippen LogP contribution in [-0.4, -0.2) is 48.7 Å². The summed E-state index contributed by atoms with van der Waals surface area (Å²) >= 11 is 0. The van der Waals surface area contributed by atoms with Crippen LogP contribution in [0.4, 0.5) is 8.78 Å². The second-order valence-corrected chi connectivity index (χ2v) is 6.25. The van der Waals surface area contributed by atoms with Crippen molar-refractivity contribution in [1.29, 1.82) is 0 Å². The molecule has 0 atom stereocenters. The molecule has 0 spiro atoms. The number of halogens is 2. The lowest BCUT2D eigenvalue weighted by molar-refractivity contribution is 0.0538. The Balaban J connectivity index is 2.45. The Hall–Kier alpha value is -1.06. The lowest BCUT2D eigenvalue weighted by atomic mass is 10.4. The van der Waals surface area contributed by atoms with Gasteiger partial charge in [-0.05, 0) is 13.8 Å². The van der Waals surface area contributed by atoms with Gasteiger partial charge in [-0.1, -0.05) is 0 Å². The molecule has 0 saturated carbocycles. The number of rotatable bonds is 3. The Morgan fingerprint density at radius 1 is 1.26 bits per heavy atom. The summed E-state index contributed by atoms with van der Waals surface area (Å²) in [5.74, 6) is 0. The zero-order valence-electron chi connectivity index (χ0n) is 10.7. The zero-order valence-corrected chi connectivity index (χ0v) is 11.5. The van der Waals surface area contributed by atoms with Gasteiger partial charge in [0, 0.05) is 26.2 Å². The molecule has 6 nitrogen and oxygen atoms in total. The fourth-order valence-electron chi connectivity index (χ4n) is 2.22. The maximum atomic E-state index is 12.7. The van der Waals surface area contributed by atoms with E-state index < -0.39 is 16.6 Å². The Labute approximate surface area is 110 Å². The number of nitrogens with one attached hydrogen (secondary N) is 1. The van der Waals surface area contributed by atoms with Crippen molar-refractivity contribution in [2.75, 3.05) is 26.2 Å². The topological polar surface area (TPSA) is 67.2 Å². The summed E-state index contributed by atoms with van der Waals surface area (Å²) < 4.78 is 52.1. The molecule has 1 fully saturated rings. The third-order valence-electron chi connectivity index (χ3n) is 3.12. The van der Waals surface area contributed by atoms with Gasteiger partial charge in [-0.25, -0.2) is 13.1 Å². The smallest absolute Gasteiger partial charge is 0.314 e. The van der Waals surface area contributed by atoms with E-state index in [1.807, 2.05) is 0 Å². The number of sulfonamides is 1. The lowest BCUT2D eigenvalue weighted by Gasteiger charge is -2.26. The third-order valence-corrected chi connectivity index (χ3v) is 5.27. The van der Waals surface area contributed by atoms with Crippen molar-refractivity contribution in [1.82, 2.24) is 19.4 Å². The van der Waals surface area contributed by atoms with E-state index in [9.17, 15) is 17.2 Å². The third kappa shape index (κ3) is 2.49. The van der Waals surface area contributed by atoms with Gasteiger partial charge in [0.05, 0.1) is 11.4 Å². The second-order valence-electron chi connectivity index (χ2n) is 4.38. The van der Waals surface area contributed by atoms with E-state index in [2.05, 4.69) is 10.4 Å². The normalized spacial score (nSPS) is 18.2. The Bertz CT molecular complexity index is 564. The average molecular weight is 294 g/mol. The van der Waals surface area contributed by atoms with Crippen molar-refractivity contribution in [3.8, 4) is 0 Å². The molecule has 1 aromatic rings. The van der Waals surface area contributed by atoms with E-state index in [-0.39, 0.29) is 16.3 Å². The molecule has 1 N–H and O–H groups in total. The average Bonchev–Trinajstić information content (AvgIpc) is 2.66. The molecule has 19 heavy (non-hydrogen) atoms. The molecule has 0 aliphatic carbocycles. The van der Waals surface area contributed by atoms with Crippen molar-refractivity contribution in [2.45, 2.75) is 25.3 Å². The Morgan fingerprint density at radius 2 is 1.84 bits per heavy atom. The second kappa shape index (κ2) is 5.14. The number of piperazine rings is 1. The van der Waals surface area contributed by atoms with Gasteiger partial charge in [-0.3, -0.25) is 0 Å². The first kappa shape index (κ1) is 14.4. The summed E-state index contributed by atoms with van der Waals surface area (Å²) in [6.07, 6.45) is 0. The molecule has 0 bridgehead atoms. The van der Waals surface area contributed by atoms with Crippen LogP contribution in [-0.2, 0) is 10.0 Å². The van der Waals surface area contributed by atoms with Crippen LogP contribution in [0, 0.1) is 13.8 Å². The molecule has 0 aromatic carbocycles. The maximum absolute atomic E-state index is 12.7. The number of hydrogen-bond donors (Lipinski definition) is 1. The van der Waals surface area contributed by atoms with Gasteiger partial charge in [-0.2, -0.15) is 18.2 Å². The van der Waals surface area contributed by atoms with Crippen LogP contribution in [0.2, 0.25) is 0 Å². The van der Waals surface area contributed by atoms with E-state index in [0.717, 1.165) is 0 Å². The Morgan fingerprint density at radius 3 is 2.32 bits per heavy atom. The minimum absolute atomic E-state index is 0.0222. The molecule has 1 saturated heterocycles. The lowest BCUT2D eigenvalue weighted by Crippen LogP contribution is -2.46. The van der Waals surface area contributed by atoms with Crippen molar-refractivity contribution in [3.63, 3.8) is 0 Å². The summed E-state index contributed by atoms with van der Waals surface area (Å²) in [6, 6.07) is 0. The molecule has 1 aliphatic rings. The number of alkyl halides is 2. The molecule has 2 rings (SSSR count). The number of nitrogens with zero attached hydrogens (tertiary/aromatic N) is 3. The van der Waals surface area contributed by atoms with Crippen molar-refractivity contribution >= 4 is 10.0 Å².